The van der Waals surface area contributed by atoms with E-state index in [-0.39, 0.29) is 16.8 Å². The molecule has 3 rings (SSSR count). The fourth-order valence-corrected chi connectivity index (χ4v) is 5.30. The average Bonchev–Trinajstić information content (AvgIpc) is 3.07. The number of nitrogens with zero attached hydrogens (tertiary/aromatic N) is 3. The zero-order valence-electron chi connectivity index (χ0n) is 19.2. The van der Waals surface area contributed by atoms with Crippen LogP contribution in [0.1, 0.15) is 64.6 Å². The Hall–Kier alpha value is -1.93. The van der Waals surface area contributed by atoms with Crippen LogP contribution in [0.25, 0.3) is 11.0 Å². The van der Waals surface area contributed by atoms with Crippen LogP contribution in [0.4, 0.5) is 0 Å². The molecule has 0 bridgehead atoms. The second kappa shape index (κ2) is 10.1. The summed E-state index contributed by atoms with van der Waals surface area (Å²) in [6, 6.07) is 5.40. The van der Waals surface area contributed by atoms with Crippen molar-refractivity contribution in [3.05, 3.63) is 24.0 Å². The maximum absolute atomic E-state index is 12.6. The topological polar surface area (TPSA) is 84.3 Å². The molecule has 7 nitrogen and oxygen atoms in total. The zero-order valence-corrected chi connectivity index (χ0v) is 20.0. The van der Waals surface area contributed by atoms with Crippen LogP contribution in [0.5, 0.6) is 0 Å². The highest BCUT2D eigenvalue weighted by Gasteiger charge is 2.22. The van der Waals surface area contributed by atoms with Crippen molar-refractivity contribution in [3.63, 3.8) is 0 Å². The van der Waals surface area contributed by atoms with Gasteiger partial charge in [-0.25, -0.2) is 17.7 Å². The van der Waals surface area contributed by atoms with Crippen LogP contribution in [0.2, 0.25) is 0 Å². The summed E-state index contributed by atoms with van der Waals surface area (Å²) in [4.78, 5) is 17.5. The van der Waals surface area contributed by atoms with Crippen molar-refractivity contribution in [3.8, 4) is 0 Å². The van der Waals surface area contributed by atoms with Crippen molar-refractivity contribution < 1.29 is 13.2 Å². The molecule has 2 atom stereocenters. The molecule has 1 saturated carbocycles. The smallest absolute Gasteiger partial charge is 0.242 e. The standard InChI is InChI=1S/C23H36N4O3S/c1-5-6-14-27-21-11-10-19(31(29,30)26(3)4)16-20(21)25-22(27)12-13-23(28)24-18-9-7-8-17(2)15-18/h10-11,16-18H,5-9,12-15H2,1-4H3,(H,24,28). The first-order valence-electron chi connectivity index (χ1n) is 11.4. The van der Waals surface area contributed by atoms with Gasteiger partial charge in [0.1, 0.15) is 5.82 Å². The van der Waals surface area contributed by atoms with Crippen LogP contribution in [0.3, 0.4) is 0 Å². The third-order valence-electron chi connectivity index (χ3n) is 6.19. The maximum Gasteiger partial charge on any atom is 0.242 e. The summed E-state index contributed by atoms with van der Waals surface area (Å²) < 4.78 is 28.4. The third-order valence-corrected chi connectivity index (χ3v) is 8.00. The lowest BCUT2D eigenvalue weighted by atomic mass is 9.87. The molecule has 1 aliphatic rings. The number of amides is 1. The van der Waals surface area contributed by atoms with E-state index in [1.165, 1.54) is 31.2 Å². The predicted octanol–water partition coefficient (Wildman–Crippen LogP) is 3.71. The summed E-state index contributed by atoms with van der Waals surface area (Å²) in [5.74, 6) is 1.59. The first-order chi connectivity index (χ1) is 14.7. The lowest BCUT2D eigenvalue weighted by Gasteiger charge is -2.27. The van der Waals surface area contributed by atoms with Gasteiger partial charge in [-0.3, -0.25) is 4.79 Å². The number of sulfonamides is 1. The Labute approximate surface area is 186 Å². The second-order valence-electron chi connectivity index (χ2n) is 9.01. The molecular formula is C23H36N4O3S. The van der Waals surface area contributed by atoms with Gasteiger partial charge in [0.2, 0.25) is 15.9 Å². The van der Waals surface area contributed by atoms with Gasteiger partial charge in [-0.05, 0) is 43.4 Å². The molecule has 1 fully saturated rings. The molecule has 172 valence electrons. The van der Waals surface area contributed by atoms with Crippen molar-refractivity contribution in [1.29, 1.82) is 0 Å². The number of carbonyl (C=O) groups is 1. The number of benzene rings is 1. The summed E-state index contributed by atoms with van der Waals surface area (Å²) in [5.41, 5.74) is 1.58. The molecule has 2 unspecified atom stereocenters. The van der Waals surface area contributed by atoms with E-state index >= 15 is 0 Å². The second-order valence-corrected chi connectivity index (χ2v) is 11.2. The number of aromatic nitrogens is 2. The number of hydrogen-bond acceptors (Lipinski definition) is 4. The molecule has 1 N–H and O–H groups in total. The Kier molecular flexibility index (Phi) is 7.75. The Morgan fingerprint density at radius 2 is 2.06 bits per heavy atom. The zero-order chi connectivity index (χ0) is 22.6. The minimum atomic E-state index is -3.52. The molecule has 1 amide bonds. The summed E-state index contributed by atoms with van der Waals surface area (Å²) in [5, 5.41) is 3.20. The van der Waals surface area contributed by atoms with E-state index in [1.54, 1.807) is 12.1 Å². The van der Waals surface area contributed by atoms with Crippen LogP contribution in [0.15, 0.2) is 23.1 Å². The summed E-state index contributed by atoms with van der Waals surface area (Å²) in [6.45, 7) is 5.20. The maximum atomic E-state index is 12.6. The van der Waals surface area contributed by atoms with Gasteiger partial charge in [0.15, 0.2) is 0 Å². The number of carbonyl (C=O) groups excluding carboxylic acids is 1. The van der Waals surface area contributed by atoms with Crippen molar-refractivity contribution >= 4 is 27.0 Å². The highest BCUT2D eigenvalue weighted by molar-refractivity contribution is 7.89. The number of nitrogens with one attached hydrogen (secondary N) is 1. The molecule has 1 aromatic carbocycles. The SMILES string of the molecule is CCCCn1c(CCC(=O)NC2CCCC(C)C2)nc2cc(S(=O)(=O)N(C)C)ccc21. The molecule has 8 heteroatoms. The summed E-state index contributed by atoms with van der Waals surface area (Å²) in [7, 11) is -0.467. The number of fused-ring (bicyclic) bond motifs is 1. The number of aryl methyl sites for hydroxylation is 2. The minimum Gasteiger partial charge on any atom is -0.353 e. The molecule has 0 radical (unpaired) electrons. The van der Waals surface area contributed by atoms with Crippen LogP contribution >= 0.6 is 0 Å². The van der Waals surface area contributed by atoms with Crippen LogP contribution in [0, 0.1) is 5.92 Å². The first-order valence-corrected chi connectivity index (χ1v) is 12.9. The number of rotatable bonds is 9. The van der Waals surface area contributed by atoms with E-state index in [0.717, 1.165) is 43.6 Å². The molecular weight excluding hydrogens is 412 g/mol. The Morgan fingerprint density at radius 1 is 1.29 bits per heavy atom. The normalized spacial score (nSPS) is 19.8. The van der Waals surface area contributed by atoms with E-state index in [2.05, 4.69) is 23.7 Å². The van der Waals surface area contributed by atoms with E-state index in [4.69, 9.17) is 4.98 Å². The first kappa shape index (κ1) is 23.7. The highest BCUT2D eigenvalue weighted by atomic mass is 32.2. The molecule has 0 saturated heterocycles. The molecule has 0 spiro atoms. The molecule has 1 aliphatic carbocycles. The van der Waals surface area contributed by atoms with Gasteiger partial charge in [0.05, 0.1) is 15.9 Å². The quantitative estimate of drug-likeness (QED) is 0.634. The van der Waals surface area contributed by atoms with Gasteiger partial charge >= 0.3 is 0 Å². The molecule has 1 aromatic heterocycles. The van der Waals surface area contributed by atoms with Crippen LogP contribution < -0.4 is 5.32 Å². The average molecular weight is 449 g/mol. The lowest BCUT2D eigenvalue weighted by molar-refractivity contribution is -0.122. The monoisotopic (exact) mass is 448 g/mol. The molecule has 1 heterocycles. The van der Waals surface area contributed by atoms with E-state index in [9.17, 15) is 13.2 Å². The van der Waals surface area contributed by atoms with Crippen molar-refractivity contribution in [2.75, 3.05) is 14.1 Å². The van der Waals surface area contributed by atoms with Crippen molar-refractivity contribution in [1.82, 2.24) is 19.2 Å². The Bertz CT molecular complexity index is 1010. The summed E-state index contributed by atoms with van der Waals surface area (Å²) >= 11 is 0. The van der Waals surface area contributed by atoms with E-state index < -0.39 is 10.0 Å². The van der Waals surface area contributed by atoms with Gasteiger partial charge < -0.3 is 9.88 Å². The van der Waals surface area contributed by atoms with Gasteiger partial charge in [0.25, 0.3) is 0 Å². The predicted molar refractivity (Wildman–Crippen MR) is 123 cm³/mol. The van der Waals surface area contributed by atoms with Crippen LogP contribution in [-0.2, 0) is 27.8 Å². The van der Waals surface area contributed by atoms with Crippen molar-refractivity contribution in [2.45, 2.75) is 82.7 Å². The number of hydrogen-bond donors (Lipinski definition) is 1. The fourth-order valence-electron chi connectivity index (χ4n) is 4.38. The van der Waals surface area contributed by atoms with Gasteiger partial charge in [0, 0.05) is 39.5 Å². The summed E-state index contributed by atoms with van der Waals surface area (Å²) in [6.07, 6.45) is 7.54. The van der Waals surface area contributed by atoms with Crippen LogP contribution in [-0.4, -0.2) is 48.3 Å². The van der Waals surface area contributed by atoms with E-state index in [0.29, 0.717) is 24.3 Å². The van der Waals surface area contributed by atoms with Gasteiger partial charge in [-0.1, -0.05) is 33.1 Å². The Morgan fingerprint density at radius 3 is 2.74 bits per heavy atom. The lowest BCUT2D eigenvalue weighted by Crippen LogP contribution is -2.38. The third kappa shape index (κ3) is 5.66. The molecule has 0 aliphatic heterocycles. The minimum absolute atomic E-state index is 0.0732. The highest BCUT2D eigenvalue weighted by Crippen LogP contribution is 2.25. The van der Waals surface area contributed by atoms with Crippen molar-refractivity contribution in [2.24, 2.45) is 5.92 Å². The largest absolute Gasteiger partial charge is 0.353 e. The number of unbranched alkanes of at least 4 members (excludes halogenated alkanes) is 1. The van der Waals surface area contributed by atoms with E-state index in [1.807, 2.05) is 6.07 Å². The van der Waals surface area contributed by atoms with Gasteiger partial charge in [-0.2, -0.15) is 0 Å². The Balaban J connectivity index is 1.78. The molecule has 2 aromatic rings. The number of imidazole rings is 1. The fraction of sp³-hybridized carbons (Fsp3) is 0.652. The molecule has 31 heavy (non-hydrogen) atoms. The van der Waals surface area contributed by atoms with Gasteiger partial charge in [-0.15, -0.1) is 0 Å².